The molecule has 1 aliphatic heterocycles. The molecule has 0 bridgehead atoms. The summed E-state index contributed by atoms with van der Waals surface area (Å²) in [5.74, 6) is 1.54. The zero-order valence-corrected chi connectivity index (χ0v) is 19.9. The number of anilines is 1. The predicted molar refractivity (Wildman–Crippen MR) is 129 cm³/mol. The maximum Gasteiger partial charge on any atom is 0.257 e. The van der Waals surface area contributed by atoms with E-state index in [-0.39, 0.29) is 24.0 Å². The number of carbonyl (C=O) groups excluding carboxylic acids is 1. The van der Waals surface area contributed by atoms with Crippen LogP contribution in [0.4, 0.5) is 5.82 Å². The van der Waals surface area contributed by atoms with E-state index in [9.17, 15) is 9.59 Å². The number of rotatable bonds is 7. The Bertz CT molecular complexity index is 1240. The van der Waals surface area contributed by atoms with Crippen LogP contribution in [-0.4, -0.2) is 29.1 Å². The fraction of sp³-hybridized carbons (Fsp3) is 0.320. The van der Waals surface area contributed by atoms with Crippen LogP contribution >= 0.6 is 11.8 Å². The lowest BCUT2D eigenvalue weighted by molar-refractivity contribution is -0.116. The van der Waals surface area contributed by atoms with Gasteiger partial charge in [0.25, 0.3) is 5.56 Å². The zero-order valence-electron chi connectivity index (χ0n) is 19.1. The molecule has 8 heteroatoms. The van der Waals surface area contributed by atoms with Crippen molar-refractivity contribution in [3.05, 3.63) is 75.1 Å². The van der Waals surface area contributed by atoms with Gasteiger partial charge < -0.3 is 19.8 Å². The summed E-state index contributed by atoms with van der Waals surface area (Å²) < 4.78 is 11.3. The van der Waals surface area contributed by atoms with Crippen molar-refractivity contribution in [3.8, 4) is 11.5 Å². The van der Waals surface area contributed by atoms with Gasteiger partial charge in [0.15, 0.2) is 16.7 Å². The van der Waals surface area contributed by atoms with Gasteiger partial charge in [-0.05, 0) is 44.0 Å². The number of amides is 1. The van der Waals surface area contributed by atoms with Gasteiger partial charge in [-0.25, -0.2) is 4.98 Å². The Morgan fingerprint density at radius 1 is 1.15 bits per heavy atom. The molecule has 2 heterocycles. The molecule has 4 rings (SSSR count). The number of carbonyl (C=O) groups is 1. The minimum atomic E-state index is -0.428. The van der Waals surface area contributed by atoms with Gasteiger partial charge in [0.2, 0.25) is 5.91 Å². The van der Waals surface area contributed by atoms with Crippen LogP contribution in [0, 0.1) is 6.92 Å². The van der Waals surface area contributed by atoms with E-state index in [4.69, 9.17) is 9.47 Å². The molecule has 0 spiro atoms. The third kappa shape index (κ3) is 5.22. The average Bonchev–Trinajstić information content (AvgIpc) is 2.77. The summed E-state index contributed by atoms with van der Waals surface area (Å²) in [6.45, 7) is 5.92. The van der Waals surface area contributed by atoms with Gasteiger partial charge in [0, 0.05) is 18.1 Å². The second-order valence-corrected chi connectivity index (χ2v) is 9.26. The highest BCUT2D eigenvalue weighted by Crippen LogP contribution is 2.38. The van der Waals surface area contributed by atoms with Gasteiger partial charge in [-0.15, -0.1) is 0 Å². The number of benzene rings is 2. The fourth-order valence-electron chi connectivity index (χ4n) is 3.91. The molecule has 0 saturated carbocycles. The first-order valence-electron chi connectivity index (χ1n) is 10.8. The first kappa shape index (κ1) is 22.9. The number of H-pyrrole nitrogens is 1. The number of aryl methyl sites for hydroxylation is 1. The Morgan fingerprint density at radius 2 is 1.97 bits per heavy atom. The summed E-state index contributed by atoms with van der Waals surface area (Å²) in [4.78, 5) is 33.0. The number of aromatic nitrogens is 2. The average molecular weight is 466 g/mol. The molecule has 2 N–H and O–H groups in total. The molecule has 1 amide bonds. The van der Waals surface area contributed by atoms with Gasteiger partial charge in [-0.3, -0.25) is 9.59 Å². The van der Waals surface area contributed by atoms with Crippen molar-refractivity contribution >= 4 is 23.5 Å². The van der Waals surface area contributed by atoms with E-state index < -0.39 is 5.92 Å². The van der Waals surface area contributed by atoms with Crippen LogP contribution in [0.3, 0.4) is 0 Å². The zero-order chi connectivity index (χ0) is 23.5. The molecule has 2 aromatic carbocycles. The molecule has 0 radical (unpaired) electrons. The number of thioether (sulfide) groups is 1. The number of ether oxygens (including phenoxy) is 2. The summed E-state index contributed by atoms with van der Waals surface area (Å²) in [6, 6.07) is 13.7. The molecule has 172 valence electrons. The molecule has 0 saturated heterocycles. The van der Waals surface area contributed by atoms with Gasteiger partial charge in [-0.2, -0.15) is 0 Å². The Balaban J connectivity index is 1.65. The summed E-state index contributed by atoms with van der Waals surface area (Å²) in [7, 11) is 1.57. The van der Waals surface area contributed by atoms with Gasteiger partial charge in [0.1, 0.15) is 5.82 Å². The number of fused-ring (bicyclic) bond motifs is 1. The second kappa shape index (κ2) is 9.70. The van der Waals surface area contributed by atoms with Crippen LogP contribution < -0.4 is 20.3 Å². The number of aromatic amines is 1. The molecular formula is C25H27N3O4S. The lowest BCUT2D eigenvalue weighted by Gasteiger charge is -2.25. The van der Waals surface area contributed by atoms with E-state index in [1.54, 1.807) is 7.11 Å². The van der Waals surface area contributed by atoms with E-state index in [1.165, 1.54) is 17.3 Å². The van der Waals surface area contributed by atoms with Gasteiger partial charge in [-0.1, -0.05) is 47.7 Å². The minimum absolute atomic E-state index is 0.00583. The molecule has 1 atom stereocenters. The molecule has 0 aliphatic carbocycles. The van der Waals surface area contributed by atoms with Crippen LogP contribution in [0.1, 0.15) is 48.4 Å². The van der Waals surface area contributed by atoms with E-state index in [0.29, 0.717) is 33.8 Å². The summed E-state index contributed by atoms with van der Waals surface area (Å²) in [5, 5.41) is 3.25. The number of hydrogen-bond donors (Lipinski definition) is 2. The molecular weight excluding hydrogens is 438 g/mol. The molecule has 3 aromatic rings. The van der Waals surface area contributed by atoms with Gasteiger partial charge >= 0.3 is 0 Å². The number of nitrogens with one attached hydrogen (secondary N) is 2. The van der Waals surface area contributed by atoms with E-state index >= 15 is 0 Å². The summed E-state index contributed by atoms with van der Waals surface area (Å²) in [5.41, 5.74) is 3.31. The largest absolute Gasteiger partial charge is 0.493 e. The first-order valence-corrected chi connectivity index (χ1v) is 11.8. The standard InChI is InChI=1S/C25H27N3O4S/c1-14(2)32-19-9-8-17(11-20(19)31-4)18-12-21(29)26-23-22(18)24(30)28-25(27-23)33-13-16-7-5-6-15(3)10-16/h5-11,14,18H,12-13H2,1-4H3,(H2,26,27,28,29,30)/t18-/m0/s1. The van der Waals surface area contributed by atoms with E-state index in [0.717, 1.165) is 11.1 Å². The Labute approximate surface area is 196 Å². The minimum Gasteiger partial charge on any atom is -0.493 e. The maximum atomic E-state index is 13.1. The van der Waals surface area contributed by atoms with Crippen molar-refractivity contribution in [2.75, 3.05) is 12.4 Å². The van der Waals surface area contributed by atoms with Crippen molar-refractivity contribution in [2.24, 2.45) is 0 Å². The highest BCUT2D eigenvalue weighted by Gasteiger charge is 2.31. The van der Waals surface area contributed by atoms with Crippen LogP contribution in [-0.2, 0) is 10.5 Å². The van der Waals surface area contributed by atoms with Crippen LogP contribution in [0.2, 0.25) is 0 Å². The van der Waals surface area contributed by atoms with Crippen LogP contribution in [0.25, 0.3) is 0 Å². The molecule has 0 fully saturated rings. The molecule has 33 heavy (non-hydrogen) atoms. The Hall–Kier alpha value is -3.26. The molecule has 1 aromatic heterocycles. The molecule has 1 aliphatic rings. The Kier molecular flexibility index (Phi) is 6.74. The highest BCUT2D eigenvalue weighted by atomic mass is 32.2. The summed E-state index contributed by atoms with van der Waals surface area (Å²) >= 11 is 1.43. The van der Waals surface area contributed by atoms with Crippen LogP contribution in [0.15, 0.2) is 52.4 Å². The number of hydrogen-bond acceptors (Lipinski definition) is 6. The van der Waals surface area contributed by atoms with E-state index in [1.807, 2.05) is 57.2 Å². The highest BCUT2D eigenvalue weighted by molar-refractivity contribution is 7.98. The predicted octanol–water partition coefficient (Wildman–Crippen LogP) is 4.64. The lowest BCUT2D eigenvalue weighted by Crippen LogP contribution is -2.31. The maximum absolute atomic E-state index is 13.1. The molecule has 0 unspecified atom stereocenters. The van der Waals surface area contributed by atoms with Crippen molar-refractivity contribution < 1.29 is 14.3 Å². The fourth-order valence-corrected chi connectivity index (χ4v) is 4.71. The number of nitrogens with zero attached hydrogens (tertiary/aromatic N) is 1. The number of methoxy groups -OCH3 is 1. The van der Waals surface area contributed by atoms with Crippen molar-refractivity contribution in [2.45, 2.75) is 50.1 Å². The van der Waals surface area contributed by atoms with Crippen molar-refractivity contribution in [1.82, 2.24) is 9.97 Å². The normalized spacial score (nSPS) is 15.2. The Morgan fingerprint density at radius 3 is 2.70 bits per heavy atom. The van der Waals surface area contributed by atoms with E-state index in [2.05, 4.69) is 21.4 Å². The molecule has 7 nitrogen and oxygen atoms in total. The lowest BCUT2D eigenvalue weighted by atomic mass is 9.86. The van der Waals surface area contributed by atoms with Crippen molar-refractivity contribution in [3.63, 3.8) is 0 Å². The van der Waals surface area contributed by atoms with Crippen LogP contribution in [0.5, 0.6) is 11.5 Å². The third-order valence-electron chi connectivity index (χ3n) is 5.34. The SMILES string of the molecule is COc1cc([C@@H]2CC(=O)Nc3nc(SCc4cccc(C)c4)[nH]c(=O)c32)ccc1OC(C)C. The third-order valence-corrected chi connectivity index (χ3v) is 6.28. The monoisotopic (exact) mass is 465 g/mol. The smallest absolute Gasteiger partial charge is 0.257 e. The van der Waals surface area contributed by atoms with Gasteiger partial charge in [0.05, 0.1) is 18.8 Å². The first-order chi connectivity index (χ1) is 15.8. The quantitative estimate of drug-likeness (QED) is 0.390. The van der Waals surface area contributed by atoms with Crippen molar-refractivity contribution in [1.29, 1.82) is 0 Å². The summed E-state index contributed by atoms with van der Waals surface area (Å²) in [6.07, 6.45) is 0.148. The topological polar surface area (TPSA) is 93.3 Å². The second-order valence-electron chi connectivity index (χ2n) is 8.29.